The van der Waals surface area contributed by atoms with Crippen molar-refractivity contribution in [2.45, 2.75) is 25.6 Å². The van der Waals surface area contributed by atoms with E-state index in [2.05, 4.69) is 5.43 Å². The SMILES string of the molecule is CC1(C)CN(C(=O)c2cccc(F)c2NN)CC(CO)O1. The van der Waals surface area contributed by atoms with Crippen molar-refractivity contribution in [1.29, 1.82) is 0 Å². The van der Waals surface area contributed by atoms with Crippen LogP contribution in [0.3, 0.4) is 0 Å². The minimum atomic E-state index is -0.588. The molecule has 4 N–H and O–H groups in total. The molecule has 0 aromatic heterocycles. The highest BCUT2D eigenvalue weighted by Crippen LogP contribution is 2.25. The van der Waals surface area contributed by atoms with Gasteiger partial charge in [-0.2, -0.15) is 0 Å². The Morgan fingerprint density at radius 2 is 2.33 bits per heavy atom. The van der Waals surface area contributed by atoms with E-state index < -0.39 is 17.5 Å². The number of carbonyl (C=O) groups excluding carboxylic acids is 1. The Kier molecular flexibility index (Phi) is 4.46. The lowest BCUT2D eigenvalue weighted by Gasteiger charge is -2.42. The predicted octanol–water partition coefficient (Wildman–Crippen LogP) is 0.723. The number of anilines is 1. The van der Waals surface area contributed by atoms with Crippen LogP contribution in [0.15, 0.2) is 18.2 Å². The van der Waals surface area contributed by atoms with Crippen LogP contribution in [-0.4, -0.2) is 47.3 Å². The molecular weight excluding hydrogens is 277 g/mol. The number of morpholine rings is 1. The van der Waals surface area contributed by atoms with Crippen LogP contribution in [0.25, 0.3) is 0 Å². The number of nitrogens with zero attached hydrogens (tertiary/aromatic N) is 1. The molecule has 1 aromatic rings. The van der Waals surface area contributed by atoms with Gasteiger partial charge in [-0.3, -0.25) is 10.6 Å². The number of amides is 1. The molecule has 1 atom stereocenters. The van der Waals surface area contributed by atoms with Gasteiger partial charge >= 0.3 is 0 Å². The molecule has 1 heterocycles. The summed E-state index contributed by atoms with van der Waals surface area (Å²) >= 11 is 0. The number of nitrogens with one attached hydrogen (secondary N) is 1. The second-order valence-corrected chi connectivity index (χ2v) is 5.67. The number of para-hydroxylation sites is 1. The maximum absolute atomic E-state index is 13.7. The lowest BCUT2D eigenvalue weighted by molar-refractivity contribution is -0.139. The molecule has 0 spiro atoms. The topological polar surface area (TPSA) is 87.8 Å². The van der Waals surface area contributed by atoms with Gasteiger partial charge in [0.05, 0.1) is 29.6 Å². The molecule has 1 saturated heterocycles. The summed E-state index contributed by atoms with van der Waals surface area (Å²) in [6.07, 6.45) is -0.458. The summed E-state index contributed by atoms with van der Waals surface area (Å²) in [7, 11) is 0. The van der Waals surface area contributed by atoms with Crippen LogP contribution in [0.5, 0.6) is 0 Å². The van der Waals surface area contributed by atoms with Gasteiger partial charge in [-0.25, -0.2) is 4.39 Å². The van der Waals surface area contributed by atoms with E-state index in [0.29, 0.717) is 6.54 Å². The third-order valence-corrected chi connectivity index (χ3v) is 3.36. The van der Waals surface area contributed by atoms with Crippen molar-refractivity contribution in [3.05, 3.63) is 29.6 Å². The van der Waals surface area contributed by atoms with Crippen LogP contribution in [0.2, 0.25) is 0 Å². The zero-order valence-corrected chi connectivity index (χ0v) is 12.1. The molecule has 1 fully saturated rings. The molecule has 0 aliphatic carbocycles. The number of halogens is 1. The number of benzene rings is 1. The number of ether oxygens (including phenoxy) is 1. The highest BCUT2D eigenvalue weighted by Gasteiger charge is 2.36. The van der Waals surface area contributed by atoms with Gasteiger partial charge in [0, 0.05) is 13.1 Å². The molecule has 21 heavy (non-hydrogen) atoms. The maximum Gasteiger partial charge on any atom is 0.256 e. The van der Waals surface area contributed by atoms with Crippen LogP contribution in [-0.2, 0) is 4.74 Å². The lowest BCUT2D eigenvalue weighted by atomic mass is 10.0. The van der Waals surface area contributed by atoms with Crippen molar-refractivity contribution < 1.29 is 19.0 Å². The van der Waals surface area contributed by atoms with E-state index in [4.69, 9.17) is 10.6 Å². The third-order valence-electron chi connectivity index (χ3n) is 3.36. The first-order chi connectivity index (χ1) is 9.88. The Morgan fingerprint density at radius 1 is 1.62 bits per heavy atom. The number of rotatable bonds is 3. The molecule has 2 rings (SSSR count). The van der Waals surface area contributed by atoms with E-state index in [0.717, 1.165) is 0 Å². The molecule has 1 aromatic carbocycles. The van der Waals surface area contributed by atoms with E-state index in [1.807, 2.05) is 13.8 Å². The van der Waals surface area contributed by atoms with Crippen LogP contribution in [0.1, 0.15) is 24.2 Å². The summed E-state index contributed by atoms with van der Waals surface area (Å²) in [6.45, 7) is 4.09. The van der Waals surface area contributed by atoms with Gasteiger partial charge in [0.2, 0.25) is 0 Å². The minimum Gasteiger partial charge on any atom is -0.394 e. The summed E-state index contributed by atoms with van der Waals surface area (Å²) in [5, 5.41) is 9.28. The molecule has 6 nitrogen and oxygen atoms in total. The Hall–Kier alpha value is -1.70. The monoisotopic (exact) mass is 297 g/mol. The highest BCUT2D eigenvalue weighted by molar-refractivity contribution is 5.99. The average Bonchev–Trinajstić information content (AvgIpc) is 2.44. The fraction of sp³-hybridized carbons (Fsp3) is 0.500. The van der Waals surface area contributed by atoms with Gasteiger partial charge in [-0.1, -0.05) is 6.07 Å². The quantitative estimate of drug-likeness (QED) is 0.565. The van der Waals surface area contributed by atoms with Crippen LogP contribution >= 0.6 is 0 Å². The Bertz CT molecular complexity index is 536. The van der Waals surface area contributed by atoms with Crippen molar-refractivity contribution in [3.63, 3.8) is 0 Å². The molecule has 1 aliphatic rings. The zero-order valence-electron chi connectivity index (χ0n) is 12.1. The number of aliphatic hydroxyl groups excluding tert-OH is 1. The molecule has 1 aliphatic heterocycles. The Morgan fingerprint density at radius 3 is 2.95 bits per heavy atom. The van der Waals surface area contributed by atoms with Gasteiger partial charge in [0.1, 0.15) is 5.82 Å². The highest BCUT2D eigenvalue weighted by atomic mass is 19.1. The van der Waals surface area contributed by atoms with Gasteiger partial charge in [0.15, 0.2) is 0 Å². The number of hydrogen-bond acceptors (Lipinski definition) is 5. The first-order valence-electron chi connectivity index (χ1n) is 6.71. The minimum absolute atomic E-state index is 0.0349. The van der Waals surface area contributed by atoms with Crippen molar-refractivity contribution in [3.8, 4) is 0 Å². The largest absolute Gasteiger partial charge is 0.394 e. The fourth-order valence-electron chi connectivity index (χ4n) is 2.56. The fourth-order valence-corrected chi connectivity index (χ4v) is 2.56. The number of carbonyl (C=O) groups is 1. The predicted molar refractivity (Wildman–Crippen MR) is 76.2 cm³/mol. The summed E-state index contributed by atoms with van der Waals surface area (Å²) in [6, 6.07) is 4.20. The van der Waals surface area contributed by atoms with Crippen molar-refractivity contribution in [2.75, 3.05) is 25.1 Å². The lowest BCUT2D eigenvalue weighted by Crippen LogP contribution is -2.55. The van der Waals surface area contributed by atoms with E-state index in [1.165, 1.54) is 18.2 Å². The van der Waals surface area contributed by atoms with Gasteiger partial charge in [-0.15, -0.1) is 0 Å². The molecule has 0 radical (unpaired) electrons. The average molecular weight is 297 g/mol. The number of hydrazine groups is 1. The van der Waals surface area contributed by atoms with Crippen molar-refractivity contribution in [1.82, 2.24) is 4.90 Å². The summed E-state index contributed by atoms with van der Waals surface area (Å²) in [4.78, 5) is 14.1. The van der Waals surface area contributed by atoms with E-state index in [1.54, 1.807) is 4.90 Å². The van der Waals surface area contributed by atoms with Crippen LogP contribution < -0.4 is 11.3 Å². The standard InChI is InChI=1S/C14H20FN3O3/c1-14(2)8-18(6-9(7-19)21-14)13(20)10-4-3-5-11(15)12(10)17-16/h3-5,9,17,19H,6-8,16H2,1-2H3. The summed E-state index contributed by atoms with van der Waals surface area (Å²) in [5.41, 5.74) is 1.77. The second kappa shape index (κ2) is 5.97. The number of hydrogen-bond donors (Lipinski definition) is 3. The van der Waals surface area contributed by atoms with Gasteiger partial charge in [-0.05, 0) is 26.0 Å². The maximum atomic E-state index is 13.7. The molecule has 0 bridgehead atoms. The Balaban J connectivity index is 2.29. The number of aliphatic hydroxyl groups is 1. The second-order valence-electron chi connectivity index (χ2n) is 5.67. The molecule has 7 heteroatoms. The zero-order chi connectivity index (χ0) is 15.6. The van der Waals surface area contributed by atoms with Crippen molar-refractivity contribution in [2.24, 2.45) is 5.84 Å². The van der Waals surface area contributed by atoms with Crippen LogP contribution in [0, 0.1) is 5.82 Å². The van der Waals surface area contributed by atoms with E-state index in [-0.39, 0.29) is 30.3 Å². The number of nitrogen functional groups attached to an aromatic ring is 1. The normalized spacial score (nSPS) is 21.2. The smallest absolute Gasteiger partial charge is 0.256 e. The summed E-state index contributed by atoms with van der Waals surface area (Å²) in [5.74, 6) is 4.36. The third kappa shape index (κ3) is 3.31. The Labute approximate surface area is 122 Å². The van der Waals surface area contributed by atoms with Crippen molar-refractivity contribution >= 4 is 11.6 Å². The first-order valence-corrected chi connectivity index (χ1v) is 6.71. The molecule has 116 valence electrons. The first kappa shape index (κ1) is 15.7. The number of nitrogens with two attached hydrogens (primary N) is 1. The van der Waals surface area contributed by atoms with Crippen LogP contribution in [0.4, 0.5) is 10.1 Å². The van der Waals surface area contributed by atoms with E-state index >= 15 is 0 Å². The van der Waals surface area contributed by atoms with Gasteiger partial charge < -0.3 is 20.2 Å². The summed E-state index contributed by atoms with van der Waals surface area (Å²) < 4.78 is 19.4. The van der Waals surface area contributed by atoms with E-state index in [9.17, 15) is 14.3 Å². The van der Waals surface area contributed by atoms with Gasteiger partial charge in [0.25, 0.3) is 5.91 Å². The molecule has 1 amide bonds. The molecular formula is C14H20FN3O3. The molecule has 1 unspecified atom stereocenters. The molecule has 0 saturated carbocycles.